The molecule has 2 N–H and O–H groups in total. The molecule has 0 radical (unpaired) electrons. The summed E-state index contributed by atoms with van der Waals surface area (Å²) >= 11 is 0. The highest BCUT2D eigenvalue weighted by molar-refractivity contribution is 5.69. The van der Waals surface area contributed by atoms with Crippen molar-refractivity contribution in [1.82, 2.24) is 4.90 Å². The molecule has 0 atom stereocenters. The van der Waals surface area contributed by atoms with Gasteiger partial charge in [0, 0.05) is 12.6 Å². The maximum absolute atomic E-state index is 10.4. The van der Waals surface area contributed by atoms with Crippen molar-refractivity contribution in [2.45, 2.75) is 26.3 Å². The van der Waals surface area contributed by atoms with Gasteiger partial charge in [-0.2, -0.15) is 0 Å². The summed E-state index contributed by atoms with van der Waals surface area (Å²) in [6.45, 7) is 3.85. The molecule has 0 aromatic heterocycles. The van der Waals surface area contributed by atoms with E-state index < -0.39 is 11.9 Å². The fourth-order valence-electron chi connectivity index (χ4n) is 0.933. The second kappa shape index (κ2) is 5.53. The van der Waals surface area contributed by atoms with Gasteiger partial charge in [-0.05, 0) is 13.8 Å². The highest BCUT2D eigenvalue weighted by Gasteiger charge is 2.13. The van der Waals surface area contributed by atoms with Crippen molar-refractivity contribution in [2.75, 3.05) is 13.1 Å². The molecule has 0 aliphatic rings. The summed E-state index contributed by atoms with van der Waals surface area (Å²) < 4.78 is 0. The minimum absolute atomic E-state index is 0.0224. The van der Waals surface area contributed by atoms with E-state index >= 15 is 0 Å². The van der Waals surface area contributed by atoms with E-state index in [-0.39, 0.29) is 25.6 Å². The molecule has 0 saturated carbocycles. The number of carboxylic acids is 2. The summed E-state index contributed by atoms with van der Waals surface area (Å²) in [7, 11) is 0. The van der Waals surface area contributed by atoms with Crippen LogP contribution < -0.4 is 0 Å². The van der Waals surface area contributed by atoms with Crippen LogP contribution in [0.25, 0.3) is 0 Å². The van der Waals surface area contributed by atoms with E-state index in [1.807, 2.05) is 13.8 Å². The monoisotopic (exact) mass is 189 g/mol. The Morgan fingerprint density at radius 1 is 1.23 bits per heavy atom. The maximum Gasteiger partial charge on any atom is 0.317 e. The lowest BCUT2D eigenvalue weighted by molar-refractivity contribution is -0.141. The molecule has 0 fully saturated rings. The Hall–Kier alpha value is -1.10. The van der Waals surface area contributed by atoms with E-state index in [0.717, 1.165) is 0 Å². The normalized spacial score (nSPS) is 10.8. The quantitative estimate of drug-likeness (QED) is 0.626. The number of hydrogen-bond acceptors (Lipinski definition) is 3. The fourth-order valence-corrected chi connectivity index (χ4v) is 0.933. The lowest BCUT2D eigenvalue weighted by Gasteiger charge is -2.23. The third kappa shape index (κ3) is 6.10. The second-order valence-electron chi connectivity index (χ2n) is 3.10. The van der Waals surface area contributed by atoms with E-state index in [1.165, 1.54) is 0 Å². The van der Waals surface area contributed by atoms with Crippen molar-refractivity contribution in [3.8, 4) is 0 Å². The smallest absolute Gasteiger partial charge is 0.317 e. The number of carboxylic acid groups (broad SMARTS) is 2. The number of hydrogen-bond donors (Lipinski definition) is 2. The van der Waals surface area contributed by atoms with Crippen molar-refractivity contribution in [2.24, 2.45) is 0 Å². The van der Waals surface area contributed by atoms with Gasteiger partial charge in [0.15, 0.2) is 0 Å². The van der Waals surface area contributed by atoms with Crippen molar-refractivity contribution in [3.05, 3.63) is 0 Å². The van der Waals surface area contributed by atoms with Crippen molar-refractivity contribution in [1.29, 1.82) is 0 Å². The van der Waals surface area contributed by atoms with Gasteiger partial charge >= 0.3 is 11.9 Å². The Morgan fingerprint density at radius 2 is 1.77 bits per heavy atom. The van der Waals surface area contributed by atoms with E-state index in [1.54, 1.807) is 4.90 Å². The zero-order chi connectivity index (χ0) is 10.4. The average Bonchev–Trinajstić information content (AvgIpc) is 1.96. The van der Waals surface area contributed by atoms with Crippen LogP contribution in [0.4, 0.5) is 0 Å². The van der Waals surface area contributed by atoms with Gasteiger partial charge in [0.2, 0.25) is 0 Å². The molecule has 0 heterocycles. The Morgan fingerprint density at radius 3 is 2.08 bits per heavy atom. The molecule has 5 nitrogen and oxygen atoms in total. The van der Waals surface area contributed by atoms with Crippen LogP contribution in [-0.2, 0) is 9.59 Å². The predicted octanol–water partition coefficient (Wildman–Crippen LogP) is 0.256. The van der Waals surface area contributed by atoms with Crippen LogP contribution >= 0.6 is 0 Å². The van der Waals surface area contributed by atoms with Crippen LogP contribution in [0.1, 0.15) is 20.3 Å². The molecule has 0 unspecified atom stereocenters. The van der Waals surface area contributed by atoms with Gasteiger partial charge in [0.25, 0.3) is 0 Å². The van der Waals surface area contributed by atoms with E-state index in [9.17, 15) is 9.59 Å². The number of aliphatic carboxylic acids is 2. The second-order valence-corrected chi connectivity index (χ2v) is 3.10. The van der Waals surface area contributed by atoms with Gasteiger partial charge in [-0.15, -0.1) is 0 Å². The molecule has 13 heavy (non-hydrogen) atoms. The maximum atomic E-state index is 10.4. The largest absolute Gasteiger partial charge is 0.481 e. The lowest BCUT2D eigenvalue weighted by Crippen LogP contribution is -2.37. The van der Waals surface area contributed by atoms with Gasteiger partial charge in [-0.1, -0.05) is 0 Å². The number of carbonyl (C=O) groups is 2. The molecular weight excluding hydrogens is 174 g/mol. The molecule has 0 spiro atoms. The number of rotatable bonds is 6. The molecule has 0 saturated heterocycles. The van der Waals surface area contributed by atoms with Crippen LogP contribution in [0.3, 0.4) is 0 Å². The molecule has 0 aromatic carbocycles. The van der Waals surface area contributed by atoms with Gasteiger partial charge in [0.1, 0.15) is 0 Å². The lowest BCUT2D eigenvalue weighted by atomic mass is 10.3. The fraction of sp³-hybridized carbons (Fsp3) is 0.750. The molecule has 76 valence electrons. The first kappa shape index (κ1) is 11.9. The molecule has 0 amide bonds. The van der Waals surface area contributed by atoms with Crippen LogP contribution in [0.5, 0.6) is 0 Å². The zero-order valence-corrected chi connectivity index (χ0v) is 7.86. The van der Waals surface area contributed by atoms with Crippen LogP contribution in [0.15, 0.2) is 0 Å². The SMILES string of the molecule is CC(C)N(CCC(=O)O)CC(=O)O. The summed E-state index contributed by atoms with van der Waals surface area (Å²) in [4.78, 5) is 22.2. The summed E-state index contributed by atoms with van der Waals surface area (Å²) in [5.41, 5.74) is 0. The minimum Gasteiger partial charge on any atom is -0.481 e. The molecule has 0 aliphatic carbocycles. The first-order chi connectivity index (χ1) is 5.93. The minimum atomic E-state index is -0.931. The van der Waals surface area contributed by atoms with Crippen molar-refractivity contribution in [3.63, 3.8) is 0 Å². The molecule has 0 rings (SSSR count). The summed E-state index contributed by atoms with van der Waals surface area (Å²) in [6.07, 6.45) is -0.0224. The molecule has 0 bridgehead atoms. The Bertz CT molecular complexity index is 191. The van der Waals surface area contributed by atoms with Crippen LogP contribution in [-0.4, -0.2) is 46.2 Å². The highest BCUT2D eigenvalue weighted by atomic mass is 16.4. The third-order valence-corrected chi connectivity index (χ3v) is 1.68. The van der Waals surface area contributed by atoms with Crippen LogP contribution in [0.2, 0.25) is 0 Å². The Balaban J connectivity index is 3.95. The van der Waals surface area contributed by atoms with Crippen molar-refractivity contribution < 1.29 is 19.8 Å². The van der Waals surface area contributed by atoms with Crippen molar-refractivity contribution >= 4 is 11.9 Å². The molecule has 5 heteroatoms. The predicted molar refractivity (Wildman–Crippen MR) is 46.6 cm³/mol. The summed E-state index contributed by atoms with van der Waals surface area (Å²) in [5.74, 6) is -1.84. The number of nitrogens with zero attached hydrogens (tertiary/aromatic N) is 1. The standard InChI is InChI=1S/C8H15NO4/c1-6(2)9(5-8(12)13)4-3-7(10)11/h6H,3-5H2,1-2H3,(H,10,11)(H,12,13). The van der Waals surface area contributed by atoms with Gasteiger partial charge in [0.05, 0.1) is 13.0 Å². The average molecular weight is 189 g/mol. The van der Waals surface area contributed by atoms with E-state index in [4.69, 9.17) is 10.2 Å². The molecule has 0 aliphatic heterocycles. The first-order valence-corrected chi connectivity index (χ1v) is 4.11. The first-order valence-electron chi connectivity index (χ1n) is 4.11. The van der Waals surface area contributed by atoms with E-state index in [2.05, 4.69) is 0 Å². The Labute approximate surface area is 77.0 Å². The highest BCUT2D eigenvalue weighted by Crippen LogP contribution is 1.99. The van der Waals surface area contributed by atoms with Crippen LogP contribution in [0, 0.1) is 0 Å². The zero-order valence-electron chi connectivity index (χ0n) is 7.86. The van der Waals surface area contributed by atoms with E-state index in [0.29, 0.717) is 0 Å². The van der Waals surface area contributed by atoms with Gasteiger partial charge in [-0.25, -0.2) is 0 Å². The van der Waals surface area contributed by atoms with Gasteiger partial charge in [-0.3, -0.25) is 14.5 Å². The topological polar surface area (TPSA) is 77.8 Å². The third-order valence-electron chi connectivity index (χ3n) is 1.68. The molecular formula is C8H15NO4. The Kier molecular flexibility index (Phi) is 5.06. The van der Waals surface area contributed by atoms with Gasteiger partial charge < -0.3 is 10.2 Å². The summed E-state index contributed by atoms with van der Waals surface area (Å²) in [6, 6.07) is 0.0513. The molecule has 0 aromatic rings. The summed E-state index contributed by atoms with van der Waals surface area (Å²) in [5, 5.41) is 16.9.